The number of benzene rings is 2. The number of nitro benzene ring substituents is 1. The summed E-state index contributed by atoms with van der Waals surface area (Å²) in [4.78, 5) is 10.3. The Bertz CT molecular complexity index is 632. The lowest BCUT2D eigenvalue weighted by molar-refractivity contribution is -0.384. The summed E-state index contributed by atoms with van der Waals surface area (Å²) in [5, 5.41) is 14.0. The molecule has 2 aromatic carbocycles. The summed E-state index contributed by atoms with van der Waals surface area (Å²) in [5.74, 6) is 0.817. The second-order valence-corrected chi connectivity index (χ2v) is 5.25. The molecule has 0 aromatic heterocycles. The molecular formula is C14H13IN2O3. The number of halogens is 1. The molecule has 1 N–H and O–H groups in total. The molecule has 0 unspecified atom stereocenters. The average molecular weight is 384 g/mol. The molecule has 0 aliphatic rings. The van der Waals surface area contributed by atoms with Gasteiger partial charge < -0.3 is 10.1 Å². The zero-order valence-corrected chi connectivity index (χ0v) is 13.0. The molecular weight excluding hydrogens is 371 g/mol. The molecule has 2 rings (SSSR count). The summed E-state index contributed by atoms with van der Waals surface area (Å²) in [7, 11) is 1.63. The molecule has 0 aliphatic heterocycles. The fraction of sp³-hybridized carbons (Fsp3) is 0.143. The van der Waals surface area contributed by atoms with E-state index in [0.717, 1.165) is 20.6 Å². The third kappa shape index (κ3) is 3.38. The van der Waals surface area contributed by atoms with Crippen LogP contribution in [0.4, 0.5) is 11.4 Å². The fourth-order valence-electron chi connectivity index (χ4n) is 1.80. The van der Waals surface area contributed by atoms with Crippen LogP contribution in [0.15, 0.2) is 42.5 Å². The quantitative estimate of drug-likeness (QED) is 0.484. The highest BCUT2D eigenvalue weighted by Crippen LogP contribution is 2.25. The Balaban J connectivity index is 2.13. The number of rotatable bonds is 5. The van der Waals surface area contributed by atoms with Gasteiger partial charge >= 0.3 is 0 Å². The first-order chi connectivity index (χ1) is 9.61. The SMILES string of the molecule is COc1ccccc1CNc1ccc([N+](=O)[O-])cc1I. The highest BCUT2D eigenvalue weighted by atomic mass is 127. The topological polar surface area (TPSA) is 64.4 Å². The molecule has 20 heavy (non-hydrogen) atoms. The summed E-state index contributed by atoms with van der Waals surface area (Å²) in [6.45, 7) is 0.595. The molecule has 0 saturated carbocycles. The summed E-state index contributed by atoms with van der Waals surface area (Å²) < 4.78 is 6.10. The Morgan fingerprint density at radius 1 is 1.30 bits per heavy atom. The van der Waals surface area contributed by atoms with Gasteiger partial charge in [0.15, 0.2) is 0 Å². The van der Waals surface area contributed by atoms with Gasteiger partial charge in [0.2, 0.25) is 0 Å². The molecule has 104 valence electrons. The maximum Gasteiger partial charge on any atom is 0.270 e. The van der Waals surface area contributed by atoms with Gasteiger partial charge in [-0.3, -0.25) is 10.1 Å². The predicted molar refractivity (Wildman–Crippen MR) is 86.1 cm³/mol. The summed E-state index contributed by atoms with van der Waals surface area (Å²) in [5.41, 5.74) is 1.99. The number of para-hydroxylation sites is 1. The van der Waals surface area contributed by atoms with Crippen molar-refractivity contribution in [3.8, 4) is 5.75 Å². The fourth-order valence-corrected chi connectivity index (χ4v) is 2.49. The van der Waals surface area contributed by atoms with Gasteiger partial charge in [-0.2, -0.15) is 0 Å². The minimum atomic E-state index is -0.397. The minimum Gasteiger partial charge on any atom is -0.496 e. The van der Waals surface area contributed by atoms with Crippen LogP contribution >= 0.6 is 22.6 Å². The van der Waals surface area contributed by atoms with Gasteiger partial charge in [0.25, 0.3) is 5.69 Å². The second-order valence-electron chi connectivity index (χ2n) is 4.09. The summed E-state index contributed by atoms with van der Waals surface area (Å²) in [6.07, 6.45) is 0. The van der Waals surface area contributed by atoms with Gasteiger partial charge in [0.05, 0.1) is 12.0 Å². The van der Waals surface area contributed by atoms with Gasteiger partial charge in [0, 0.05) is 33.5 Å². The number of non-ortho nitro benzene ring substituents is 1. The van der Waals surface area contributed by atoms with Gasteiger partial charge in [-0.1, -0.05) is 18.2 Å². The first kappa shape index (κ1) is 14.6. The summed E-state index contributed by atoms with van der Waals surface area (Å²) >= 11 is 2.08. The van der Waals surface area contributed by atoms with Crippen molar-refractivity contribution < 1.29 is 9.66 Å². The number of nitro groups is 1. The van der Waals surface area contributed by atoms with E-state index in [2.05, 4.69) is 27.9 Å². The molecule has 0 saturated heterocycles. The number of nitrogens with zero attached hydrogens (tertiary/aromatic N) is 1. The van der Waals surface area contributed by atoms with Crippen LogP contribution in [-0.4, -0.2) is 12.0 Å². The van der Waals surface area contributed by atoms with Crippen LogP contribution < -0.4 is 10.1 Å². The Labute approximate surface area is 130 Å². The van der Waals surface area contributed by atoms with E-state index in [1.165, 1.54) is 6.07 Å². The van der Waals surface area contributed by atoms with Crippen molar-refractivity contribution in [1.82, 2.24) is 0 Å². The van der Waals surface area contributed by atoms with Crippen molar-refractivity contribution in [3.63, 3.8) is 0 Å². The standard InChI is InChI=1S/C14H13IN2O3/c1-20-14-5-3-2-4-10(14)9-16-13-7-6-11(17(18)19)8-12(13)15/h2-8,16H,9H2,1H3. The molecule has 0 bridgehead atoms. The molecule has 0 amide bonds. The van der Waals surface area contributed by atoms with Gasteiger partial charge in [0.1, 0.15) is 5.75 Å². The van der Waals surface area contributed by atoms with Gasteiger partial charge in [-0.15, -0.1) is 0 Å². The van der Waals surface area contributed by atoms with Crippen LogP contribution in [0.25, 0.3) is 0 Å². The number of anilines is 1. The first-order valence-electron chi connectivity index (χ1n) is 5.91. The molecule has 5 nitrogen and oxygen atoms in total. The first-order valence-corrected chi connectivity index (χ1v) is 6.99. The van der Waals surface area contributed by atoms with Crippen molar-refractivity contribution >= 4 is 34.0 Å². The van der Waals surface area contributed by atoms with E-state index in [4.69, 9.17) is 4.74 Å². The minimum absolute atomic E-state index is 0.0947. The Kier molecular flexibility index (Phi) is 4.78. The predicted octanol–water partition coefficient (Wildman–Crippen LogP) is 3.82. The zero-order chi connectivity index (χ0) is 14.5. The Hall–Kier alpha value is -1.83. The Morgan fingerprint density at radius 2 is 2.05 bits per heavy atom. The van der Waals surface area contributed by atoms with Crippen LogP contribution in [0.3, 0.4) is 0 Å². The number of ether oxygens (including phenoxy) is 1. The van der Waals surface area contributed by atoms with E-state index in [1.54, 1.807) is 19.2 Å². The maximum atomic E-state index is 10.7. The van der Waals surface area contributed by atoms with Crippen LogP contribution in [0.2, 0.25) is 0 Å². The molecule has 2 aromatic rings. The monoisotopic (exact) mass is 384 g/mol. The second kappa shape index (κ2) is 6.56. The van der Waals surface area contributed by atoms with Crippen LogP contribution in [0.5, 0.6) is 5.75 Å². The number of nitrogens with one attached hydrogen (secondary N) is 1. The van der Waals surface area contributed by atoms with Crippen molar-refractivity contribution in [2.75, 3.05) is 12.4 Å². The van der Waals surface area contributed by atoms with Crippen molar-refractivity contribution in [3.05, 3.63) is 61.7 Å². The largest absolute Gasteiger partial charge is 0.496 e. The number of hydrogen-bond donors (Lipinski definition) is 1. The van der Waals surface area contributed by atoms with Crippen LogP contribution in [0, 0.1) is 13.7 Å². The van der Waals surface area contributed by atoms with Crippen molar-refractivity contribution in [2.45, 2.75) is 6.54 Å². The third-order valence-electron chi connectivity index (χ3n) is 2.83. The van der Waals surface area contributed by atoms with E-state index in [0.29, 0.717) is 6.54 Å². The lowest BCUT2D eigenvalue weighted by Gasteiger charge is -2.11. The lowest BCUT2D eigenvalue weighted by atomic mass is 10.2. The van der Waals surface area contributed by atoms with Crippen LogP contribution in [-0.2, 0) is 6.54 Å². The lowest BCUT2D eigenvalue weighted by Crippen LogP contribution is -2.03. The molecule has 0 atom stereocenters. The molecule has 0 aliphatic carbocycles. The maximum absolute atomic E-state index is 10.7. The van der Waals surface area contributed by atoms with E-state index < -0.39 is 4.92 Å². The van der Waals surface area contributed by atoms with E-state index >= 15 is 0 Å². The van der Waals surface area contributed by atoms with E-state index in [9.17, 15) is 10.1 Å². The number of methoxy groups -OCH3 is 1. The summed E-state index contributed by atoms with van der Waals surface area (Å²) in [6, 6.07) is 12.5. The smallest absolute Gasteiger partial charge is 0.270 e. The number of hydrogen-bond acceptors (Lipinski definition) is 4. The average Bonchev–Trinajstić information content (AvgIpc) is 2.46. The molecule has 0 fully saturated rings. The van der Waals surface area contributed by atoms with Crippen molar-refractivity contribution in [1.29, 1.82) is 0 Å². The molecule has 0 spiro atoms. The molecule has 0 radical (unpaired) electrons. The van der Waals surface area contributed by atoms with Gasteiger partial charge in [-0.25, -0.2) is 0 Å². The van der Waals surface area contributed by atoms with Crippen LogP contribution in [0.1, 0.15) is 5.56 Å². The Morgan fingerprint density at radius 3 is 2.70 bits per heavy atom. The highest BCUT2D eigenvalue weighted by molar-refractivity contribution is 14.1. The molecule has 6 heteroatoms. The van der Waals surface area contributed by atoms with E-state index in [1.807, 2.05) is 24.3 Å². The molecule has 0 heterocycles. The zero-order valence-electron chi connectivity index (χ0n) is 10.8. The van der Waals surface area contributed by atoms with Crippen molar-refractivity contribution in [2.24, 2.45) is 0 Å². The normalized spacial score (nSPS) is 10.1. The highest BCUT2D eigenvalue weighted by Gasteiger charge is 2.09. The van der Waals surface area contributed by atoms with Gasteiger partial charge in [-0.05, 0) is 34.7 Å². The third-order valence-corrected chi connectivity index (χ3v) is 3.72. The van der Waals surface area contributed by atoms with E-state index in [-0.39, 0.29) is 5.69 Å².